The van der Waals surface area contributed by atoms with Crippen molar-refractivity contribution in [3.8, 4) is 0 Å². The molecule has 1 aliphatic heterocycles. The maximum atomic E-state index is 14.0. The van der Waals surface area contributed by atoms with E-state index in [9.17, 15) is 8.78 Å². The predicted octanol–water partition coefficient (Wildman–Crippen LogP) is 3.80. The Hall–Kier alpha value is -0.960. The summed E-state index contributed by atoms with van der Waals surface area (Å²) in [6.07, 6.45) is 0.595. The Morgan fingerprint density at radius 1 is 1.28 bits per heavy atom. The third-order valence-electron chi connectivity index (χ3n) is 3.79. The van der Waals surface area contributed by atoms with Gasteiger partial charge in [0, 0.05) is 12.5 Å². The van der Waals surface area contributed by atoms with Gasteiger partial charge in [-0.1, -0.05) is 44.2 Å². The topological polar surface area (TPSA) is 3.24 Å². The molecule has 1 atom stereocenters. The van der Waals surface area contributed by atoms with Crippen molar-refractivity contribution in [1.82, 2.24) is 4.90 Å². The van der Waals surface area contributed by atoms with Gasteiger partial charge in [0.25, 0.3) is 5.92 Å². The van der Waals surface area contributed by atoms with Gasteiger partial charge in [-0.15, -0.1) is 0 Å². The van der Waals surface area contributed by atoms with Gasteiger partial charge in [-0.25, -0.2) is 8.78 Å². The summed E-state index contributed by atoms with van der Waals surface area (Å²) < 4.78 is 28.1. The standard InChI is InChI=1S/C15H21F2N/c1-12(2)14-8-9-18(11-15(14,16)17)10-13-6-4-3-5-7-13/h3-7,12,14H,8-11H2,1-2H3. The monoisotopic (exact) mass is 253 g/mol. The van der Waals surface area contributed by atoms with E-state index in [0.717, 1.165) is 12.1 Å². The van der Waals surface area contributed by atoms with E-state index < -0.39 is 11.8 Å². The molecule has 1 saturated heterocycles. The average Bonchev–Trinajstić information content (AvgIpc) is 2.28. The molecule has 1 aromatic carbocycles. The number of hydrogen-bond acceptors (Lipinski definition) is 1. The van der Waals surface area contributed by atoms with Crippen molar-refractivity contribution in [2.24, 2.45) is 11.8 Å². The Morgan fingerprint density at radius 2 is 1.94 bits per heavy atom. The van der Waals surface area contributed by atoms with Crippen LogP contribution in [0.15, 0.2) is 30.3 Å². The second-order valence-corrected chi connectivity index (χ2v) is 5.60. The molecule has 1 fully saturated rings. The number of hydrogen-bond donors (Lipinski definition) is 0. The van der Waals surface area contributed by atoms with E-state index >= 15 is 0 Å². The molecule has 0 amide bonds. The lowest BCUT2D eigenvalue weighted by Crippen LogP contribution is -2.49. The number of benzene rings is 1. The molecule has 2 rings (SSSR count). The van der Waals surface area contributed by atoms with E-state index in [1.807, 2.05) is 49.1 Å². The van der Waals surface area contributed by atoms with Crippen LogP contribution in [0.3, 0.4) is 0 Å². The number of nitrogens with zero attached hydrogens (tertiary/aromatic N) is 1. The molecule has 100 valence electrons. The van der Waals surface area contributed by atoms with Gasteiger partial charge in [0.2, 0.25) is 0 Å². The Bertz CT molecular complexity index is 375. The number of halogens is 2. The number of rotatable bonds is 3. The van der Waals surface area contributed by atoms with E-state index in [4.69, 9.17) is 0 Å². The fraction of sp³-hybridized carbons (Fsp3) is 0.600. The first-order valence-electron chi connectivity index (χ1n) is 6.63. The highest BCUT2D eigenvalue weighted by Gasteiger charge is 2.45. The zero-order chi connectivity index (χ0) is 13.2. The van der Waals surface area contributed by atoms with E-state index in [-0.39, 0.29) is 12.5 Å². The van der Waals surface area contributed by atoms with Gasteiger partial charge in [-0.2, -0.15) is 0 Å². The summed E-state index contributed by atoms with van der Waals surface area (Å²) in [5.41, 5.74) is 1.11. The van der Waals surface area contributed by atoms with Crippen LogP contribution in [-0.2, 0) is 6.54 Å². The van der Waals surface area contributed by atoms with Crippen LogP contribution in [0.25, 0.3) is 0 Å². The molecular formula is C15H21F2N. The molecule has 0 aliphatic carbocycles. The first-order chi connectivity index (χ1) is 8.49. The largest absolute Gasteiger partial charge is 0.293 e. The van der Waals surface area contributed by atoms with Crippen molar-refractivity contribution < 1.29 is 8.78 Å². The third-order valence-corrected chi connectivity index (χ3v) is 3.79. The second-order valence-electron chi connectivity index (χ2n) is 5.60. The van der Waals surface area contributed by atoms with Gasteiger partial charge in [0.15, 0.2) is 0 Å². The average molecular weight is 253 g/mol. The van der Waals surface area contributed by atoms with Gasteiger partial charge in [-0.3, -0.25) is 4.90 Å². The molecule has 0 N–H and O–H groups in total. The quantitative estimate of drug-likeness (QED) is 0.792. The molecule has 0 radical (unpaired) electrons. The van der Waals surface area contributed by atoms with Crippen molar-refractivity contribution in [3.63, 3.8) is 0 Å². The van der Waals surface area contributed by atoms with Crippen molar-refractivity contribution in [2.45, 2.75) is 32.7 Å². The van der Waals surface area contributed by atoms with Gasteiger partial charge in [0.1, 0.15) is 0 Å². The maximum absolute atomic E-state index is 14.0. The van der Waals surface area contributed by atoms with Gasteiger partial charge in [0.05, 0.1) is 6.54 Å². The smallest absolute Gasteiger partial charge is 0.263 e. The summed E-state index contributed by atoms with van der Waals surface area (Å²) in [6, 6.07) is 9.84. The Labute approximate surface area is 108 Å². The van der Waals surface area contributed by atoms with Crippen LogP contribution in [0.2, 0.25) is 0 Å². The zero-order valence-electron chi connectivity index (χ0n) is 11.1. The molecule has 1 aliphatic rings. The number of likely N-dealkylation sites (tertiary alicyclic amines) is 1. The molecule has 1 unspecified atom stereocenters. The fourth-order valence-electron chi connectivity index (χ4n) is 2.82. The van der Waals surface area contributed by atoms with Crippen LogP contribution in [-0.4, -0.2) is 23.9 Å². The van der Waals surface area contributed by atoms with E-state index in [2.05, 4.69) is 0 Å². The van der Waals surface area contributed by atoms with Crippen LogP contribution in [0.1, 0.15) is 25.8 Å². The first kappa shape index (κ1) is 13.5. The Balaban J connectivity index is 1.99. The molecular weight excluding hydrogens is 232 g/mol. The summed E-state index contributed by atoms with van der Waals surface area (Å²) in [5, 5.41) is 0. The van der Waals surface area contributed by atoms with Crippen molar-refractivity contribution in [3.05, 3.63) is 35.9 Å². The molecule has 3 heteroatoms. The summed E-state index contributed by atoms with van der Waals surface area (Å²) in [6.45, 7) is 5.08. The van der Waals surface area contributed by atoms with Crippen molar-refractivity contribution >= 4 is 0 Å². The minimum Gasteiger partial charge on any atom is -0.293 e. The highest BCUT2D eigenvalue weighted by Crippen LogP contribution is 2.37. The molecule has 1 nitrogen and oxygen atoms in total. The van der Waals surface area contributed by atoms with Crippen LogP contribution < -0.4 is 0 Å². The highest BCUT2D eigenvalue weighted by molar-refractivity contribution is 5.14. The number of piperidine rings is 1. The fourth-order valence-corrected chi connectivity index (χ4v) is 2.82. The van der Waals surface area contributed by atoms with Crippen LogP contribution >= 0.6 is 0 Å². The maximum Gasteiger partial charge on any atom is 0.263 e. The minimum absolute atomic E-state index is 0.0545. The second kappa shape index (κ2) is 5.35. The Morgan fingerprint density at radius 3 is 2.50 bits per heavy atom. The lowest BCUT2D eigenvalue weighted by molar-refractivity contribution is -0.126. The van der Waals surface area contributed by atoms with Crippen LogP contribution in [0, 0.1) is 11.8 Å². The molecule has 0 aromatic heterocycles. The van der Waals surface area contributed by atoms with Crippen LogP contribution in [0.4, 0.5) is 8.78 Å². The normalized spacial score (nSPS) is 24.4. The summed E-state index contributed by atoms with van der Waals surface area (Å²) >= 11 is 0. The van der Waals surface area contributed by atoms with Gasteiger partial charge >= 0.3 is 0 Å². The molecule has 1 aromatic rings. The van der Waals surface area contributed by atoms with Crippen molar-refractivity contribution in [2.75, 3.05) is 13.1 Å². The third kappa shape index (κ3) is 3.08. The number of alkyl halides is 2. The van der Waals surface area contributed by atoms with Crippen LogP contribution in [0.5, 0.6) is 0 Å². The molecule has 1 heterocycles. The first-order valence-corrected chi connectivity index (χ1v) is 6.63. The molecule has 0 bridgehead atoms. The summed E-state index contributed by atoms with van der Waals surface area (Å²) in [7, 11) is 0. The van der Waals surface area contributed by atoms with E-state index in [1.54, 1.807) is 0 Å². The highest BCUT2D eigenvalue weighted by atomic mass is 19.3. The molecule has 0 saturated carbocycles. The SMILES string of the molecule is CC(C)C1CCN(Cc2ccccc2)CC1(F)F. The summed E-state index contributed by atoms with van der Waals surface area (Å²) in [5.74, 6) is -2.97. The van der Waals surface area contributed by atoms with E-state index in [0.29, 0.717) is 13.0 Å². The predicted molar refractivity (Wildman–Crippen MR) is 69.6 cm³/mol. The minimum atomic E-state index is -2.55. The lowest BCUT2D eigenvalue weighted by Gasteiger charge is -2.40. The van der Waals surface area contributed by atoms with Crippen molar-refractivity contribution in [1.29, 1.82) is 0 Å². The van der Waals surface area contributed by atoms with E-state index in [1.165, 1.54) is 0 Å². The van der Waals surface area contributed by atoms with Gasteiger partial charge in [-0.05, 0) is 24.4 Å². The summed E-state index contributed by atoms with van der Waals surface area (Å²) in [4.78, 5) is 1.87. The lowest BCUT2D eigenvalue weighted by atomic mass is 9.83. The molecule has 18 heavy (non-hydrogen) atoms. The van der Waals surface area contributed by atoms with Gasteiger partial charge < -0.3 is 0 Å². The zero-order valence-corrected chi connectivity index (χ0v) is 11.1. The Kier molecular flexibility index (Phi) is 4.00. The molecule has 0 spiro atoms.